The highest BCUT2D eigenvalue weighted by Crippen LogP contribution is 2.20. The minimum atomic E-state index is -4.50. The van der Waals surface area contributed by atoms with Crippen LogP contribution in [0.1, 0.15) is 5.56 Å². The minimum Gasteiger partial charge on any atom is -0.347 e. The van der Waals surface area contributed by atoms with Crippen LogP contribution in [0.15, 0.2) is 53.4 Å². The number of nitrogens with zero attached hydrogens (tertiary/aromatic N) is 1. The van der Waals surface area contributed by atoms with E-state index in [1.165, 1.54) is 24.3 Å². The maximum atomic E-state index is 12.3. The van der Waals surface area contributed by atoms with Crippen LogP contribution >= 0.6 is 0 Å². The molecule has 2 aromatic rings. The molecule has 0 fully saturated rings. The number of hydrogen-bond donors (Lipinski definition) is 2. The lowest BCUT2D eigenvalue weighted by molar-refractivity contribution is -0.384. The second-order valence-electron chi connectivity index (χ2n) is 5.62. The molecule has 2 aromatic carbocycles. The van der Waals surface area contributed by atoms with E-state index in [1.807, 2.05) is 0 Å². The smallest absolute Gasteiger partial charge is 0.347 e. The minimum absolute atomic E-state index is 0.151. The fourth-order valence-electron chi connectivity index (χ4n) is 2.10. The highest BCUT2D eigenvalue weighted by atomic mass is 32.2. The summed E-state index contributed by atoms with van der Waals surface area (Å²) >= 11 is 0. The molecule has 0 unspecified atom stereocenters. The fraction of sp³-hybridized carbons (Fsp3) is 0.188. The Morgan fingerprint density at radius 2 is 1.61 bits per heavy atom. The maximum Gasteiger partial charge on any atom is 0.405 e. The Bertz CT molecular complexity index is 959. The Morgan fingerprint density at radius 1 is 1.04 bits per heavy atom. The van der Waals surface area contributed by atoms with Crippen LogP contribution in [-0.2, 0) is 21.2 Å². The van der Waals surface area contributed by atoms with E-state index in [-0.39, 0.29) is 22.7 Å². The molecule has 2 N–H and O–H groups in total. The van der Waals surface area contributed by atoms with Gasteiger partial charge in [-0.05, 0) is 29.8 Å². The third kappa shape index (κ3) is 6.23. The normalized spacial score (nSPS) is 11.7. The zero-order valence-electron chi connectivity index (χ0n) is 14.1. The first kappa shape index (κ1) is 21.2. The molecule has 0 saturated heterocycles. The fourth-order valence-corrected chi connectivity index (χ4v) is 3.16. The van der Waals surface area contributed by atoms with Gasteiger partial charge in [-0.3, -0.25) is 19.6 Å². The van der Waals surface area contributed by atoms with Gasteiger partial charge in [-0.15, -0.1) is 0 Å². The predicted molar refractivity (Wildman–Crippen MR) is 93.1 cm³/mol. The molecular formula is C16H14F3N3O5S. The zero-order valence-corrected chi connectivity index (χ0v) is 14.9. The van der Waals surface area contributed by atoms with Crippen molar-refractivity contribution in [2.45, 2.75) is 17.5 Å². The Morgan fingerprint density at radius 3 is 2.11 bits per heavy atom. The van der Waals surface area contributed by atoms with Gasteiger partial charge in [0, 0.05) is 17.8 Å². The first-order chi connectivity index (χ1) is 13.0. The van der Waals surface area contributed by atoms with Gasteiger partial charge in [0.25, 0.3) is 15.7 Å². The summed E-state index contributed by atoms with van der Waals surface area (Å²) in [5.41, 5.74) is 0.280. The zero-order chi connectivity index (χ0) is 20.9. The van der Waals surface area contributed by atoms with E-state index in [4.69, 9.17) is 0 Å². The Kier molecular flexibility index (Phi) is 6.23. The Hall–Kier alpha value is -3.15. The number of carbonyl (C=O) groups is 1. The molecule has 12 heteroatoms. The first-order valence-electron chi connectivity index (χ1n) is 7.66. The van der Waals surface area contributed by atoms with Crippen LogP contribution in [0, 0.1) is 10.1 Å². The van der Waals surface area contributed by atoms with Gasteiger partial charge in [0.2, 0.25) is 5.91 Å². The van der Waals surface area contributed by atoms with Crippen LogP contribution in [0.3, 0.4) is 0 Å². The number of nitrogens with one attached hydrogen (secondary N) is 2. The third-order valence-electron chi connectivity index (χ3n) is 3.41. The largest absolute Gasteiger partial charge is 0.405 e. The number of nitro benzene ring substituents is 1. The predicted octanol–water partition coefficient (Wildman–Crippen LogP) is 2.62. The van der Waals surface area contributed by atoms with Gasteiger partial charge in [0.05, 0.1) is 16.2 Å². The molecule has 8 nitrogen and oxygen atoms in total. The lowest BCUT2D eigenvalue weighted by atomic mass is 10.1. The number of rotatable bonds is 7. The summed E-state index contributed by atoms with van der Waals surface area (Å²) in [6.45, 7) is -1.43. The highest BCUT2D eigenvalue weighted by Gasteiger charge is 2.27. The van der Waals surface area contributed by atoms with E-state index in [0.29, 0.717) is 5.56 Å². The molecule has 0 aliphatic carbocycles. The van der Waals surface area contributed by atoms with Crippen LogP contribution in [0.4, 0.5) is 24.5 Å². The van der Waals surface area contributed by atoms with E-state index in [0.717, 1.165) is 24.3 Å². The second-order valence-corrected chi connectivity index (χ2v) is 7.30. The number of alkyl halides is 3. The van der Waals surface area contributed by atoms with Gasteiger partial charge in [0.15, 0.2) is 0 Å². The van der Waals surface area contributed by atoms with Crippen LogP contribution < -0.4 is 10.0 Å². The van der Waals surface area contributed by atoms with Gasteiger partial charge in [0.1, 0.15) is 6.54 Å². The molecule has 0 heterocycles. The molecule has 0 atom stereocenters. The number of benzene rings is 2. The molecule has 0 bridgehead atoms. The Balaban J connectivity index is 2.01. The maximum absolute atomic E-state index is 12.3. The van der Waals surface area contributed by atoms with Crippen molar-refractivity contribution in [3.8, 4) is 0 Å². The number of sulfonamides is 1. The van der Waals surface area contributed by atoms with Crippen molar-refractivity contribution in [1.82, 2.24) is 5.32 Å². The van der Waals surface area contributed by atoms with Crippen molar-refractivity contribution in [3.63, 3.8) is 0 Å². The number of non-ortho nitro benzene ring substituents is 1. The van der Waals surface area contributed by atoms with Crippen LogP contribution in [-0.4, -0.2) is 32.0 Å². The van der Waals surface area contributed by atoms with Crippen molar-refractivity contribution in [3.05, 3.63) is 64.2 Å². The second kappa shape index (κ2) is 8.25. The molecule has 0 spiro atoms. The number of amides is 1. The number of anilines is 1. The first-order valence-corrected chi connectivity index (χ1v) is 9.14. The van der Waals surface area contributed by atoms with Crippen molar-refractivity contribution >= 4 is 27.3 Å². The van der Waals surface area contributed by atoms with Crippen molar-refractivity contribution in [2.24, 2.45) is 0 Å². The van der Waals surface area contributed by atoms with E-state index in [1.54, 1.807) is 5.32 Å². The third-order valence-corrected chi connectivity index (χ3v) is 4.81. The summed E-state index contributed by atoms with van der Waals surface area (Å²) in [7, 11) is -3.99. The van der Waals surface area contributed by atoms with Crippen LogP contribution in [0.2, 0.25) is 0 Å². The number of halogens is 3. The van der Waals surface area contributed by atoms with Gasteiger partial charge < -0.3 is 5.32 Å². The molecule has 28 heavy (non-hydrogen) atoms. The Labute approximate surface area is 157 Å². The number of nitro groups is 1. The lowest BCUT2D eigenvalue weighted by Crippen LogP contribution is -2.34. The highest BCUT2D eigenvalue weighted by molar-refractivity contribution is 7.92. The van der Waals surface area contributed by atoms with E-state index in [2.05, 4.69) is 4.72 Å². The molecule has 0 radical (unpaired) electrons. The van der Waals surface area contributed by atoms with Crippen LogP contribution in [0.25, 0.3) is 0 Å². The summed E-state index contributed by atoms with van der Waals surface area (Å²) < 4.78 is 63.0. The van der Waals surface area contributed by atoms with Gasteiger partial charge in [-0.25, -0.2) is 8.42 Å². The average molecular weight is 417 g/mol. The summed E-state index contributed by atoms with van der Waals surface area (Å²) in [4.78, 5) is 21.2. The molecule has 0 aliphatic rings. The molecular weight excluding hydrogens is 403 g/mol. The van der Waals surface area contributed by atoms with Crippen molar-refractivity contribution in [1.29, 1.82) is 0 Å². The van der Waals surface area contributed by atoms with Crippen molar-refractivity contribution in [2.75, 3.05) is 11.3 Å². The summed E-state index contributed by atoms with van der Waals surface area (Å²) in [6, 6.07) is 9.74. The topological polar surface area (TPSA) is 118 Å². The summed E-state index contributed by atoms with van der Waals surface area (Å²) in [5.74, 6) is -0.823. The molecule has 0 aromatic heterocycles. The van der Waals surface area contributed by atoms with Crippen molar-refractivity contribution < 1.29 is 31.3 Å². The average Bonchev–Trinajstić information content (AvgIpc) is 2.61. The number of hydrogen-bond acceptors (Lipinski definition) is 5. The van der Waals surface area contributed by atoms with Crippen LogP contribution in [0.5, 0.6) is 0 Å². The van der Waals surface area contributed by atoms with E-state index in [9.17, 15) is 36.5 Å². The van der Waals surface area contributed by atoms with Gasteiger partial charge in [-0.1, -0.05) is 12.1 Å². The SMILES string of the molecule is O=C(Cc1ccc(NS(=O)(=O)c2ccc([N+](=O)[O-])cc2)cc1)NCC(F)(F)F. The molecule has 0 aliphatic heterocycles. The standard InChI is InChI=1S/C16H14F3N3O5S/c17-16(18,19)10-20-15(23)9-11-1-3-12(4-2-11)21-28(26,27)14-7-5-13(6-8-14)22(24)25/h1-8,21H,9-10H2,(H,20,23). The molecule has 150 valence electrons. The van der Waals surface area contributed by atoms with E-state index < -0.39 is 33.6 Å². The quantitative estimate of drug-likeness (QED) is 0.530. The van der Waals surface area contributed by atoms with Gasteiger partial charge >= 0.3 is 6.18 Å². The molecule has 2 rings (SSSR count). The number of carbonyl (C=O) groups excluding carboxylic acids is 1. The summed E-state index contributed by atoms with van der Waals surface area (Å²) in [6.07, 6.45) is -4.80. The molecule has 0 saturated carbocycles. The lowest BCUT2D eigenvalue weighted by Gasteiger charge is -2.10. The monoisotopic (exact) mass is 417 g/mol. The summed E-state index contributed by atoms with van der Waals surface area (Å²) in [5, 5.41) is 12.3. The van der Waals surface area contributed by atoms with Gasteiger partial charge in [-0.2, -0.15) is 13.2 Å². The van der Waals surface area contributed by atoms with E-state index >= 15 is 0 Å². The molecule has 1 amide bonds.